The highest BCUT2D eigenvalue weighted by molar-refractivity contribution is 4.71. The summed E-state index contributed by atoms with van der Waals surface area (Å²) in [4.78, 5) is 0. The maximum Gasteiger partial charge on any atom is -0.0363 e. The van der Waals surface area contributed by atoms with Gasteiger partial charge >= 0.3 is 0 Å². The van der Waals surface area contributed by atoms with Crippen LogP contribution in [0.5, 0.6) is 0 Å². The Hall–Kier alpha value is 0. The zero-order valence-electron chi connectivity index (χ0n) is 7.85. The zero-order valence-corrected chi connectivity index (χ0v) is 7.85. The van der Waals surface area contributed by atoms with Gasteiger partial charge in [0.15, 0.2) is 0 Å². The van der Waals surface area contributed by atoms with Gasteiger partial charge in [-0.3, -0.25) is 0 Å². The quantitative estimate of drug-likeness (QED) is 0.562. The van der Waals surface area contributed by atoms with E-state index in [4.69, 9.17) is 0 Å². The smallest absolute Gasteiger partial charge is 0.0363 e. The highest BCUT2D eigenvalue weighted by Gasteiger charge is 2.15. The standard InChI is InChI=1S/C10H21/c1-6-8(3)10(5)9(4)7-2/h8-10H,5-7H2,1-4H3. The summed E-state index contributed by atoms with van der Waals surface area (Å²) < 4.78 is 0. The molecule has 0 saturated carbocycles. The van der Waals surface area contributed by atoms with E-state index in [9.17, 15) is 0 Å². The molecule has 0 N–H and O–H groups in total. The first kappa shape index (κ1) is 10.0. The Balaban J connectivity index is 3.69. The fourth-order valence-corrected chi connectivity index (χ4v) is 1.17. The molecule has 0 aliphatic carbocycles. The van der Waals surface area contributed by atoms with Gasteiger partial charge in [0.05, 0.1) is 0 Å². The molecule has 2 atom stereocenters. The van der Waals surface area contributed by atoms with Crippen LogP contribution in [-0.4, -0.2) is 0 Å². The molecule has 0 aromatic heterocycles. The van der Waals surface area contributed by atoms with Crippen LogP contribution in [-0.2, 0) is 0 Å². The molecule has 0 heteroatoms. The highest BCUT2D eigenvalue weighted by Crippen LogP contribution is 2.24. The molecule has 2 unspecified atom stereocenters. The molecule has 0 amide bonds. The van der Waals surface area contributed by atoms with Crippen molar-refractivity contribution < 1.29 is 0 Å². The molecule has 0 spiro atoms. The molecule has 0 saturated heterocycles. The predicted octanol–water partition coefficient (Wildman–Crippen LogP) is 3.53. The summed E-state index contributed by atoms with van der Waals surface area (Å²) in [6.07, 6.45) is 2.52. The predicted molar refractivity (Wildman–Crippen MR) is 47.8 cm³/mol. The van der Waals surface area contributed by atoms with Crippen molar-refractivity contribution in [1.29, 1.82) is 0 Å². The summed E-state index contributed by atoms with van der Waals surface area (Å²) in [6, 6.07) is 0. The summed E-state index contributed by atoms with van der Waals surface area (Å²) in [6.45, 7) is 13.3. The van der Waals surface area contributed by atoms with E-state index in [1.54, 1.807) is 0 Å². The van der Waals surface area contributed by atoms with Gasteiger partial charge in [-0.25, -0.2) is 0 Å². The monoisotopic (exact) mass is 141 g/mol. The summed E-state index contributed by atoms with van der Waals surface area (Å²) in [5.41, 5.74) is 0. The molecule has 61 valence electrons. The van der Waals surface area contributed by atoms with Crippen LogP contribution in [0.2, 0.25) is 0 Å². The van der Waals surface area contributed by atoms with E-state index >= 15 is 0 Å². The van der Waals surface area contributed by atoms with Crippen LogP contribution in [0.15, 0.2) is 0 Å². The van der Waals surface area contributed by atoms with E-state index < -0.39 is 0 Å². The fourth-order valence-electron chi connectivity index (χ4n) is 1.17. The van der Waals surface area contributed by atoms with Crippen LogP contribution in [0.3, 0.4) is 0 Å². The minimum absolute atomic E-state index is 0.648. The van der Waals surface area contributed by atoms with E-state index in [0.29, 0.717) is 5.92 Å². The molecular weight excluding hydrogens is 120 g/mol. The molecule has 0 nitrogen and oxygen atoms in total. The van der Waals surface area contributed by atoms with Crippen LogP contribution in [0.25, 0.3) is 0 Å². The Bertz CT molecular complexity index is 66.1. The van der Waals surface area contributed by atoms with Crippen LogP contribution in [0, 0.1) is 24.7 Å². The van der Waals surface area contributed by atoms with Gasteiger partial charge in [-0.2, -0.15) is 0 Å². The lowest BCUT2D eigenvalue weighted by Crippen LogP contribution is -2.15. The molecule has 0 rings (SSSR count). The normalized spacial score (nSPS) is 20.1. The van der Waals surface area contributed by atoms with Crippen molar-refractivity contribution >= 4 is 0 Å². The van der Waals surface area contributed by atoms with E-state index in [1.807, 2.05) is 0 Å². The fraction of sp³-hybridized carbons (Fsp3) is 0.900. The van der Waals surface area contributed by atoms with Gasteiger partial charge in [-0.1, -0.05) is 40.5 Å². The summed E-state index contributed by atoms with van der Waals surface area (Å²) >= 11 is 0. The van der Waals surface area contributed by atoms with Crippen LogP contribution in [0.4, 0.5) is 0 Å². The van der Waals surface area contributed by atoms with E-state index in [2.05, 4.69) is 34.6 Å². The van der Waals surface area contributed by atoms with E-state index in [-0.39, 0.29) is 0 Å². The van der Waals surface area contributed by atoms with Crippen LogP contribution < -0.4 is 0 Å². The van der Waals surface area contributed by atoms with E-state index in [1.165, 1.54) is 12.8 Å². The highest BCUT2D eigenvalue weighted by atomic mass is 14.2. The largest absolute Gasteiger partial charge is 0.0651 e. The molecular formula is C10H21. The van der Waals surface area contributed by atoms with Crippen molar-refractivity contribution in [2.75, 3.05) is 0 Å². The molecule has 0 heterocycles. The lowest BCUT2D eigenvalue weighted by atomic mass is 9.82. The van der Waals surface area contributed by atoms with Gasteiger partial charge in [-0.15, -0.1) is 0 Å². The zero-order chi connectivity index (χ0) is 8.15. The van der Waals surface area contributed by atoms with Crippen molar-refractivity contribution in [3.05, 3.63) is 6.92 Å². The third-order valence-corrected chi connectivity index (χ3v) is 2.75. The average Bonchev–Trinajstić information content (AvgIpc) is 2.00. The van der Waals surface area contributed by atoms with Crippen LogP contribution in [0.1, 0.15) is 40.5 Å². The van der Waals surface area contributed by atoms with Gasteiger partial charge in [-0.05, 0) is 24.7 Å². The Morgan fingerprint density at radius 2 is 1.30 bits per heavy atom. The SMILES string of the molecule is [CH2]C(C(C)CC)C(C)CC. The lowest BCUT2D eigenvalue weighted by Gasteiger charge is -2.23. The van der Waals surface area contributed by atoms with Gasteiger partial charge in [0.1, 0.15) is 0 Å². The Kier molecular flexibility index (Phi) is 4.76. The van der Waals surface area contributed by atoms with Crippen molar-refractivity contribution in [1.82, 2.24) is 0 Å². The molecule has 10 heavy (non-hydrogen) atoms. The minimum Gasteiger partial charge on any atom is -0.0651 e. The molecule has 0 fully saturated rings. The third-order valence-electron chi connectivity index (χ3n) is 2.75. The van der Waals surface area contributed by atoms with Gasteiger partial charge in [0.25, 0.3) is 0 Å². The maximum atomic E-state index is 4.18. The summed E-state index contributed by atoms with van der Waals surface area (Å²) in [5, 5.41) is 0. The summed E-state index contributed by atoms with van der Waals surface area (Å²) in [5.74, 6) is 2.22. The first-order chi connectivity index (χ1) is 4.63. The first-order valence-corrected chi connectivity index (χ1v) is 4.46. The third kappa shape index (κ3) is 2.72. The number of hydrogen-bond acceptors (Lipinski definition) is 0. The Morgan fingerprint density at radius 1 is 1.00 bits per heavy atom. The molecule has 0 aliphatic rings. The average molecular weight is 141 g/mol. The second kappa shape index (κ2) is 4.76. The number of rotatable bonds is 4. The van der Waals surface area contributed by atoms with Crippen molar-refractivity contribution in [3.8, 4) is 0 Å². The maximum absolute atomic E-state index is 4.18. The van der Waals surface area contributed by atoms with Crippen LogP contribution >= 0.6 is 0 Å². The summed E-state index contributed by atoms with van der Waals surface area (Å²) in [7, 11) is 0. The topological polar surface area (TPSA) is 0 Å². The molecule has 0 aromatic carbocycles. The number of hydrogen-bond donors (Lipinski definition) is 0. The van der Waals surface area contributed by atoms with Gasteiger partial charge < -0.3 is 0 Å². The molecule has 1 radical (unpaired) electrons. The van der Waals surface area contributed by atoms with Gasteiger partial charge in [0.2, 0.25) is 0 Å². The minimum atomic E-state index is 0.648. The molecule has 0 aliphatic heterocycles. The molecule has 0 aromatic rings. The van der Waals surface area contributed by atoms with E-state index in [0.717, 1.165) is 11.8 Å². The first-order valence-electron chi connectivity index (χ1n) is 4.46. The van der Waals surface area contributed by atoms with Gasteiger partial charge in [0, 0.05) is 0 Å². The second-order valence-corrected chi connectivity index (χ2v) is 3.43. The molecule has 0 bridgehead atoms. The van der Waals surface area contributed by atoms with Crippen molar-refractivity contribution in [2.45, 2.75) is 40.5 Å². The second-order valence-electron chi connectivity index (χ2n) is 3.43. The van der Waals surface area contributed by atoms with Crippen molar-refractivity contribution in [3.63, 3.8) is 0 Å². The van der Waals surface area contributed by atoms with Crippen molar-refractivity contribution in [2.24, 2.45) is 17.8 Å². The Morgan fingerprint density at radius 3 is 1.50 bits per heavy atom. The Labute approximate surface area is 66.0 Å². The lowest BCUT2D eigenvalue weighted by molar-refractivity contribution is 0.298.